The second kappa shape index (κ2) is 11.7. The van der Waals surface area contributed by atoms with Crippen LogP contribution in [0.15, 0.2) is 94.2 Å². The van der Waals surface area contributed by atoms with Gasteiger partial charge in [-0.3, -0.25) is 9.59 Å². The molecule has 3 aromatic carbocycles. The van der Waals surface area contributed by atoms with Gasteiger partial charge in [-0.25, -0.2) is 0 Å². The molecule has 3 aromatic rings. The van der Waals surface area contributed by atoms with Crippen LogP contribution in [0.4, 0.5) is 5.69 Å². The van der Waals surface area contributed by atoms with Gasteiger partial charge in [0, 0.05) is 17.0 Å². The number of aryl methyl sites for hydroxylation is 1. The summed E-state index contributed by atoms with van der Waals surface area (Å²) in [5.74, 6) is -0.151. The lowest BCUT2D eigenvalue weighted by molar-refractivity contribution is -0.114. The smallest absolute Gasteiger partial charge is 0.265 e. The first-order valence-corrected chi connectivity index (χ1v) is 13.8. The number of thioether (sulfide) groups is 1. The summed E-state index contributed by atoms with van der Waals surface area (Å²) in [5.41, 5.74) is 6.00. The van der Waals surface area contributed by atoms with Gasteiger partial charge in [0.2, 0.25) is 0 Å². The first-order chi connectivity index (χ1) is 18.1. The SMILES string of the molecule is Cc1cccc(CN2C(=O)/C(=C/c3ccccc3)Sc3ccc(C(=O)NCCC4=CCCCC4)cc32)c1. The fraction of sp³-hybridized carbons (Fsp3) is 0.250. The number of nitrogens with one attached hydrogen (secondary N) is 1. The topological polar surface area (TPSA) is 49.4 Å². The molecular formula is C32H32N2O2S. The molecule has 4 nitrogen and oxygen atoms in total. The number of allylic oxidation sites excluding steroid dienone is 1. The average molecular weight is 509 g/mol. The minimum absolute atomic E-state index is 0.0512. The Balaban J connectivity index is 1.41. The van der Waals surface area contributed by atoms with Crippen molar-refractivity contribution in [1.29, 1.82) is 0 Å². The van der Waals surface area contributed by atoms with Crippen LogP contribution in [0.5, 0.6) is 0 Å². The zero-order valence-corrected chi connectivity index (χ0v) is 22.0. The third-order valence-electron chi connectivity index (χ3n) is 6.82. The zero-order chi connectivity index (χ0) is 25.6. The molecule has 2 aliphatic rings. The summed E-state index contributed by atoms with van der Waals surface area (Å²) >= 11 is 1.47. The Morgan fingerprint density at radius 2 is 1.89 bits per heavy atom. The Hall–Kier alpha value is -3.57. The van der Waals surface area contributed by atoms with Crippen LogP contribution < -0.4 is 10.2 Å². The molecule has 5 rings (SSSR count). The fourth-order valence-electron chi connectivity index (χ4n) is 4.87. The second-order valence-electron chi connectivity index (χ2n) is 9.70. The lowest BCUT2D eigenvalue weighted by Gasteiger charge is -2.31. The van der Waals surface area contributed by atoms with E-state index in [0.29, 0.717) is 23.6 Å². The van der Waals surface area contributed by atoms with Crippen LogP contribution >= 0.6 is 11.8 Å². The van der Waals surface area contributed by atoms with Gasteiger partial charge in [0.05, 0.1) is 17.1 Å². The second-order valence-corrected chi connectivity index (χ2v) is 10.8. The van der Waals surface area contributed by atoms with Crippen molar-refractivity contribution in [3.05, 3.63) is 112 Å². The van der Waals surface area contributed by atoms with E-state index in [1.165, 1.54) is 30.2 Å². The number of nitrogens with zero attached hydrogens (tertiary/aromatic N) is 1. The molecule has 0 saturated carbocycles. The van der Waals surface area contributed by atoms with E-state index < -0.39 is 0 Å². The molecule has 0 fully saturated rings. The molecule has 0 unspecified atom stereocenters. The maximum Gasteiger partial charge on any atom is 0.265 e. The molecule has 0 spiro atoms. The van der Waals surface area contributed by atoms with Crippen molar-refractivity contribution in [2.45, 2.75) is 50.5 Å². The van der Waals surface area contributed by atoms with E-state index in [4.69, 9.17) is 0 Å². The highest BCUT2D eigenvalue weighted by atomic mass is 32.2. The van der Waals surface area contributed by atoms with Crippen molar-refractivity contribution >= 4 is 35.3 Å². The summed E-state index contributed by atoms with van der Waals surface area (Å²) < 4.78 is 0. The van der Waals surface area contributed by atoms with Gasteiger partial charge in [0.15, 0.2) is 0 Å². The van der Waals surface area contributed by atoms with Crippen molar-refractivity contribution in [1.82, 2.24) is 5.32 Å². The number of benzene rings is 3. The van der Waals surface area contributed by atoms with Gasteiger partial charge < -0.3 is 10.2 Å². The summed E-state index contributed by atoms with van der Waals surface area (Å²) in [7, 11) is 0. The van der Waals surface area contributed by atoms with Gasteiger partial charge in [-0.2, -0.15) is 0 Å². The van der Waals surface area contributed by atoms with Crippen molar-refractivity contribution < 1.29 is 9.59 Å². The molecule has 0 radical (unpaired) electrons. The molecule has 0 saturated heterocycles. The molecule has 5 heteroatoms. The predicted octanol–water partition coefficient (Wildman–Crippen LogP) is 7.30. The van der Waals surface area contributed by atoms with Crippen molar-refractivity contribution in [2.75, 3.05) is 11.4 Å². The van der Waals surface area contributed by atoms with Gasteiger partial charge >= 0.3 is 0 Å². The van der Waals surface area contributed by atoms with E-state index in [0.717, 1.165) is 46.5 Å². The van der Waals surface area contributed by atoms with Gasteiger partial charge in [0.25, 0.3) is 11.8 Å². The lowest BCUT2D eigenvalue weighted by Crippen LogP contribution is -2.34. The Labute approximate surface area is 223 Å². The Kier molecular flexibility index (Phi) is 7.90. The number of fused-ring (bicyclic) bond motifs is 1. The van der Waals surface area contributed by atoms with Crippen LogP contribution in [0.3, 0.4) is 0 Å². The highest BCUT2D eigenvalue weighted by Gasteiger charge is 2.30. The van der Waals surface area contributed by atoms with Crippen molar-refractivity contribution in [3.63, 3.8) is 0 Å². The first kappa shape index (κ1) is 25.1. The zero-order valence-electron chi connectivity index (χ0n) is 21.2. The van der Waals surface area contributed by atoms with Gasteiger partial charge in [-0.15, -0.1) is 0 Å². The van der Waals surface area contributed by atoms with Crippen LogP contribution in [-0.2, 0) is 11.3 Å². The Bertz CT molecular complexity index is 1360. The molecule has 1 heterocycles. The number of rotatable bonds is 7. The van der Waals surface area contributed by atoms with E-state index in [9.17, 15) is 9.59 Å². The van der Waals surface area contributed by atoms with Crippen LogP contribution in [-0.4, -0.2) is 18.4 Å². The summed E-state index contributed by atoms with van der Waals surface area (Å²) in [4.78, 5) is 30.2. The van der Waals surface area contributed by atoms with E-state index in [1.807, 2.05) is 66.7 Å². The number of carbonyl (C=O) groups is 2. The third kappa shape index (κ3) is 6.23. The molecular weight excluding hydrogens is 476 g/mol. The minimum Gasteiger partial charge on any atom is -0.352 e. The summed E-state index contributed by atoms with van der Waals surface area (Å²) in [5, 5.41) is 3.08. The quantitative estimate of drug-likeness (QED) is 0.269. The van der Waals surface area contributed by atoms with E-state index in [-0.39, 0.29) is 11.8 Å². The Morgan fingerprint density at radius 3 is 2.68 bits per heavy atom. The highest BCUT2D eigenvalue weighted by Crippen LogP contribution is 2.43. The maximum atomic E-state index is 13.7. The van der Waals surface area contributed by atoms with Crippen LogP contribution in [0.2, 0.25) is 0 Å². The molecule has 2 amide bonds. The number of hydrogen-bond acceptors (Lipinski definition) is 3. The number of carbonyl (C=O) groups excluding carboxylic acids is 2. The third-order valence-corrected chi connectivity index (χ3v) is 7.90. The number of anilines is 1. The normalized spacial score (nSPS) is 16.4. The lowest BCUT2D eigenvalue weighted by atomic mass is 9.97. The molecule has 1 aliphatic heterocycles. The largest absolute Gasteiger partial charge is 0.352 e. The molecule has 1 N–H and O–H groups in total. The van der Waals surface area contributed by atoms with Crippen LogP contribution in [0.1, 0.15) is 59.2 Å². The number of amides is 2. The minimum atomic E-state index is -0.0993. The van der Waals surface area contributed by atoms with Crippen molar-refractivity contribution in [3.8, 4) is 0 Å². The highest BCUT2D eigenvalue weighted by molar-refractivity contribution is 8.04. The van der Waals surface area contributed by atoms with E-state index in [1.54, 1.807) is 4.90 Å². The van der Waals surface area contributed by atoms with Gasteiger partial charge in [-0.05, 0) is 74.4 Å². The van der Waals surface area contributed by atoms with Crippen LogP contribution in [0, 0.1) is 6.92 Å². The molecule has 37 heavy (non-hydrogen) atoms. The van der Waals surface area contributed by atoms with Gasteiger partial charge in [-0.1, -0.05) is 83.6 Å². The molecule has 0 atom stereocenters. The Morgan fingerprint density at radius 1 is 1.03 bits per heavy atom. The summed E-state index contributed by atoms with van der Waals surface area (Å²) in [6, 6.07) is 23.8. The maximum absolute atomic E-state index is 13.7. The van der Waals surface area contributed by atoms with Crippen LogP contribution in [0.25, 0.3) is 6.08 Å². The van der Waals surface area contributed by atoms with Crippen molar-refractivity contribution in [2.24, 2.45) is 0 Å². The average Bonchev–Trinajstić information content (AvgIpc) is 2.92. The van der Waals surface area contributed by atoms with Gasteiger partial charge in [0.1, 0.15) is 0 Å². The first-order valence-electron chi connectivity index (χ1n) is 13.0. The monoisotopic (exact) mass is 508 g/mol. The predicted molar refractivity (Wildman–Crippen MR) is 153 cm³/mol. The molecule has 0 aromatic heterocycles. The number of hydrogen-bond donors (Lipinski definition) is 1. The van der Waals surface area contributed by atoms with E-state index >= 15 is 0 Å². The molecule has 0 bridgehead atoms. The molecule has 1 aliphatic carbocycles. The van der Waals surface area contributed by atoms with E-state index in [2.05, 4.69) is 30.4 Å². The molecule has 188 valence electrons. The standard InChI is InChI=1S/C32H32N2O2S/c1-23-9-8-14-26(19-23)22-34-28-21-27(31(35)33-18-17-24-10-4-2-5-11-24)15-16-29(28)37-30(32(34)36)20-25-12-6-3-7-13-25/h3,6-10,12-16,19-21H,2,4-5,11,17-18,22H2,1H3,(H,33,35)/b30-20-. The summed E-state index contributed by atoms with van der Waals surface area (Å²) in [6.45, 7) is 3.13. The summed E-state index contributed by atoms with van der Waals surface area (Å²) in [6.07, 6.45) is 9.97. The fourth-order valence-corrected chi connectivity index (χ4v) is 5.91.